The fraction of sp³-hybridized carbons (Fsp3) is 0.353. The van der Waals surface area contributed by atoms with E-state index in [4.69, 9.17) is 0 Å². The summed E-state index contributed by atoms with van der Waals surface area (Å²) in [5.74, 6) is 0.0474. The zero-order valence-corrected chi connectivity index (χ0v) is 15.3. The van der Waals surface area contributed by atoms with Crippen LogP contribution >= 0.6 is 27.3 Å². The van der Waals surface area contributed by atoms with E-state index in [2.05, 4.69) is 38.4 Å². The van der Waals surface area contributed by atoms with Crippen LogP contribution in [-0.2, 0) is 13.0 Å². The molecule has 2 N–H and O–H groups in total. The minimum Gasteiger partial charge on any atom is -0.353 e. The molecule has 2 aromatic rings. The molecule has 3 heterocycles. The molecule has 0 saturated heterocycles. The molecule has 4 nitrogen and oxygen atoms in total. The molecule has 1 aromatic carbocycles. The summed E-state index contributed by atoms with van der Waals surface area (Å²) in [7, 11) is 0. The molecule has 1 aromatic heterocycles. The fourth-order valence-electron chi connectivity index (χ4n) is 3.29. The number of hydrogen-bond acceptors (Lipinski definition) is 4. The number of carbonyl (C=O) groups is 1. The standard InChI is InChI=1S/C17H18BrN3OS/c1-2-21-7-6-12-13(9-21)23-17-14(12)16(22)19-15(20-17)10-4-3-5-11(18)8-10/h3-5,8,15,20H,2,6-7,9H2,1H3,(H,19,22). The Morgan fingerprint density at radius 2 is 2.26 bits per heavy atom. The molecule has 2 aliphatic heterocycles. The molecule has 0 bridgehead atoms. The summed E-state index contributed by atoms with van der Waals surface area (Å²) in [6.07, 6.45) is 0.793. The van der Waals surface area contributed by atoms with E-state index < -0.39 is 0 Å². The van der Waals surface area contributed by atoms with Gasteiger partial charge in [0.2, 0.25) is 0 Å². The van der Waals surface area contributed by atoms with Crippen molar-refractivity contribution in [1.82, 2.24) is 10.2 Å². The first-order valence-electron chi connectivity index (χ1n) is 7.85. The summed E-state index contributed by atoms with van der Waals surface area (Å²) < 4.78 is 1.01. The average Bonchev–Trinajstić information content (AvgIpc) is 2.92. The average molecular weight is 392 g/mol. The van der Waals surface area contributed by atoms with Crippen LogP contribution in [0.15, 0.2) is 28.7 Å². The summed E-state index contributed by atoms with van der Waals surface area (Å²) >= 11 is 5.23. The topological polar surface area (TPSA) is 44.4 Å². The monoisotopic (exact) mass is 391 g/mol. The third-order valence-corrected chi connectivity index (χ3v) is 6.18. The van der Waals surface area contributed by atoms with Crippen molar-refractivity contribution in [1.29, 1.82) is 0 Å². The third kappa shape index (κ3) is 2.69. The number of rotatable bonds is 2. The predicted octanol–water partition coefficient (Wildman–Crippen LogP) is 3.74. The molecule has 1 amide bonds. The SMILES string of the molecule is CCN1CCc2c(sc3c2C(=O)NC(c2cccc(Br)c2)N3)C1. The molecule has 0 radical (unpaired) electrons. The van der Waals surface area contributed by atoms with E-state index in [1.165, 1.54) is 10.4 Å². The van der Waals surface area contributed by atoms with Gasteiger partial charge in [0.25, 0.3) is 5.91 Å². The van der Waals surface area contributed by atoms with Crippen LogP contribution in [-0.4, -0.2) is 23.9 Å². The van der Waals surface area contributed by atoms with E-state index >= 15 is 0 Å². The van der Waals surface area contributed by atoms with Gasteiger partial charge in [0.1, 0.15) is 11.2 Å². The molecule has 0 fully saturated rings. The van der Waals surface area contributed by atoms with Gasteiger partial charge in [0.15, 0.2) is 0 Å². The van der Waals surface area contributed by atoms with Crippen LogP contribution in [0.1, 0.15) is 39.5 Å². The van der Waals surface area contributed by atoms with Crippen molar-refractivity contribution < 1.29 is 4.79 Å². The third-order valence-electron chi connectivity index (χ3n) is 4.54. The molecule has 23 heavy (non-hydrogen) atoms. The van der Waals surface area contributed by atoms with Gasteiger partial charge in [-0.15, -0.1) is 11.3 Å². The van der Waals surface area contributed by atoms with E-state index in [1.54, 1.807) is 11.3 Å². The molecule has 1 unspecified atom stereocenters. The lowest BCUT2D eigenvalue weighted by Gasteiger charge is -2.28. The minimum atomic E-state index is -0.171. The molecule has 4 rings (SSSR count). The van der Waals surface area contributed by atoms with Gasteiger partial charge in [-0.25, -0.2) is 0 Å². The normalized spacial score (nSPS) is 20.4. The lowest BCUT2D eigenvalue weighted by atomic mass is 10.0. The van der Waals surface area contributed by atoms with Gasteiger partial charge in [-0.1, -0.05) is 35.0 Å². The van der Waals surface area contributed by atoms with Crippen molar-refractivity contribution >= 4 is 38.2 Å². The Bertz CT molecular complexity index is 773. The first-order chi connectivity index (χ1) is 11.2. The smallest absolute Gasteiger partial charge is 0.256 e. The number of likely N-dealkylation sites (N-methyl/N-ethyl adjacent to an activating group) is 1. The van der Waals surface area contributed by atoms with E-state index in [9.17, 15) is 4.79 Å². The number of nitrogens with zero attached hydrogens (tertiary/aromatic N) is 1. The van der Waals surface area contributed by atoms with Crippen molar-refractivity contribution in [2.24, 2.45) is 0 Å². The maximum Gasteiger partial charge on any atom is 0.256 e. The van der Waals surface area contributed by atoms with Crippen molar-refractivity contribution in [2.45, 2.75) is 26.1 Å². The first kappa shape index (κ1) is 15.2. The second-order valence-corrected chi connectivity index (χ2v) is 7.95. The second-order valence-electron chi connectivity index (χ2n) is 5.93. The van der Waals surface area contributed by atoms with E-state index in [0.717, 1.165) is 46.7 Å². The number of halogens is 1. The fourth-order valence-corrected chi connectivity index (χ4v) is 5.02. The number of anilines is 1. The molecule has 2 aliphatic rings. The van der Waals surface area contributed by atoms with Crippen LogP contribution in [0.2, 0.25) is 0 Å². The molecular weight excluding hydrogens is 374 g/mol. The Hall–Kier alpha value is -1.37. The number of thiophene rings is 1. The largest absolute Gasteiger partial charge is 0.353 e. The van der Waals surface area contributed by atoms with Crippen LogP contribution in [0, 0.1) is 0 Å². The van der Waals surface area contributed by atoms with E-state index in [0.29, 0.717) is 0 Å². The van der Waals surface area contributed by atoms with Gasteiger partial charge in [0.05, 0.1) is 5.56 Å². The van der Waals surface area contributed by atoms with Gasteiger partial charge >= 0.3 is 0 Å². The van der Waals surface area contributed by atoms with Crippen molar-refractivity contribution in [3.8, 4) is 0 Å². The van der Waals surface area contributed by atoms with Gasteiger partial charge in [-0.3, -0.25) is 9.69 Å². The van der Waals surface area contributed by atoms with Gasteiger partial charge in [-0.05, 0) is 36.2 Å². The number of nitrogens with one attached hydrogen (secondary N) is 2. The summed E-state index contributed by atoms with van der Waals surface area (Å²) in [4.78, 5) is 16.4. The molecule has 0 aliphatic carbocycles. The van der Waals surface area contributed by atoms with Gasteiger partial charge < -0.3 is 10.6 Å². The van der Waals surface area contributed by atoms with Crippen LogP contribution in [0.5, 0.6) is 0 Å². The Labute approximate surface area is 148 Å². The molecule has 0 spiro atoms. The molecular formula is C17H18BrN3OS. The maximum absolute atomic E-state index is 12.7. The summed E-state index contributed by atoms with van der Waals surface area (Å²) in [5, 5.41) is 7.62. The minimum absolute atomic E-state index is 0.0474. The highest BCUT2D eigenvalue weighted by atomic mass is 79.9. The quantitative estimate of drug-likeness (QED) is 0.819. The number of amides is 1. The lowest BCUT2D eigenvalue weighted by molar-refractivity contribution is 0.0934. The Balaban J connectivity index is 1.68. The summed E-state index contributed by atoms with van der Waals surface area (Å²) in [5.41, 5.74) is 3.17. The van der Waals surface area contributed by atoms with Gasteiger partial charge in [-0.2, -0.15) is 0 Å². The number of benzene rings is 1. The van der Waals surface area contributed by atoms with Crippen LogP contribution in [0.4, 0.5) is 5.00 Å². The van der Waals surface area contributed by atoms with Crippen LogP contribution in [0.3, 0.4) is 0 Å². The highest BCUT2D eigenvalue weighted by molar-refractivity contribution is 9.10. The Kier molecular flexibility index (Phi) is 3.91. The predicted molar refractivity (Wildman–Crippen MR) is 96.9 cm³/mol. The maximum atomic E-state index is 12.7. The molecule has 1 atom stereocenters. The lowest BCUT2D eigenvalue weighted by Crippen LogP contribution is -2.38. The number of carbonyl (C=O) groups excluding carboxylic acids is 1. The van der Waals surface area contributed by atoms with Crippen LogP contribution < -0.4 is 10.6 Å². The molecule has 6 heteroatoms. The van der Waals surface area contributed by atoms with Gasteiger partial charge in [0, 0.05) is 22.4 Å². The highest BCUT2D eigenvalue weighted by Gasteiger charge is 2.33. The molecule has 120 valence electrons. The Morgan fingerprint density at radius 3 is 3.04 bits per heavy atom. The second kappa shape index (κ2) is 5.92. The molecule has 0 saturated carbocycles. The zero-order chi connectivity index (χ0) is 16.0. The summed E-state index contributed by atoms with van der Waals surface area (Å²) in [6.45, 7) is 5.24. The van der Waals surface area contributed by atoms with E-state index in [1.807, 2.05) is 24.3 Å². The van der Waals surface area contributed by atoms with Crippen molar-refractivity contribution in [2.75, 3.05) is 18.4 Å². The number of hydrogen-bond donors (Lipinski definition) is 2. The summed E-state index contributed by atoms with van der Waals surface area (Å²) in [6, 6.07) is 8.04. The Morgan fingerprint density at radius 1 is 1.39 bits per heavy atom. The zero-order valence-electron chi connectivity index (χ0n) is 12.9. The first-order valence-corrected chi connectivity index (χ1v) is 9.46. The van der Waals surface area contributed by atoms with E-state index in [-0.39, 0.29) is 12.1 Å². The number of fused-ring (bicyclic) bond motifs is 3. The van der Waals surface area contributed by atoms with Crippen molar-refractivity contribution in [3.05, 3.63) is 50.3 Å². The van der Waals surface area contributed by atoms with Crippen LogP contribution in [0.25, 0.3) is 0 Å². The van der Waals surface area contributed by atoms with Crippen molar-refractivity contribution in [3.63, 3.8) is 0 Å². The highest BCUT2D eigenvalue weighted by Crippen LogP contribution is 2.40.